The van der Waals surface area contributed by atoms with E-state index in [0.29, 0.717) is 19.4 Å². The van der Waals surface area contributed by atoms with Crippen LogP contribution < -0.4 is 5.32 Å². The molecule has 286 valence electrons. The van der Waals surface area contributed by atoms with E-state index in [9.17, 15) is 24.9 Å². The van der Waals surface area contributed by atoms with Crippen LogP contribution in [-0.2, 0) is 33.3 Å². The highest BCUT2D eigenvalue weighted by Crippen LogP contribution is 2.40. The third kappa shape index (κ3) is 10.6. The first-order valence-corrected chi connectivity index (χ1v) is 18.3. The average molecular weight is 702 g/mol. The quantitative estimate of drug-likeness (QED) is 0.279. The summed E-state index contributed by atoms with van der Waals surface area (Å²) >= 11 is 0. The SMILES string of the molecule is CCCN(C)[C@H]1C[C@@H](C)O[C@@H](OC[C@@H]2[C@@H](C)[C@H](O[C@H]3C[C@@](C)(OC)[C@@H](O)[C@H](C)O3)[C@@H](C)C(=O)NCCC(=O)N(C)C[C@H](C)C[C@@]2(C)O)[C@@H]1O. The van der Waals surface area contributed by atoms with Crippen LogP contribution in [0.4, 0.5) is 0 Å². The number of aliphatic hydroxyl groups excluding tert-OH is 2. The van der Waals surface area contributed by atoms with Gasteiger partial charge in [-0.2, -0.15) is 0 Å². The zero-order valence-corrected chi connectivity index (χ0v) is 31.9. The maximum absolute atomic E-state index is 13.7. The molecule has 0 spiro atoms. The Hall–Kier alpha value is -1.42. The number of nitrogens with one attached hydrogen (secondary N) is 1. The number of ether oxygens (including phenoxy) is 5. The monoisotopic (exact) mass is 701 g/mol. The van der Waals surface area contributed by atoms with Crippen LogP contribution in [0.25, 0.3) is 0 Å². The molecule has 13 nitrogen and oxygen atoms in total. The molecule has 2 amide bonds. The van der Waals surface area contributed by atoms with Crippen molar-refractivity contribution in [3.63, 3.8) is 0 Å². The van der Waals surface area contributed by atoms with Crippen LogP contribution in [0, 0.1) is 23.7 Å². The molecule has 0 aromatic carbocycles. The van der Waals surface area contributed by atoms with E-state index in [2.05, 4.69) is 17.1 Å². The number of carbonyl (C=O) groups is 2. The number of hydrogen-bond acceptors (Lipinski definition) is 11. The normalized spacial score (nSPS) is 43.7. The highest BCUT2D eigenvalue weighted by molar-refractivity contribution is 5.80. The number of hydrogen-bond donors (Lipinski definition) is 4. The predicted octanol–water partition coefficient (Wildman–Crippen LogP) is 2.14. The molecule has 3 saturated heterocycles. The van der Waals surface area contributed by atoms with Crippen molar-refractivity contribution in [3.05, 3.63) is 0 Å². The Morgan fingerprint density at radius 2 is 1.76 bits per heavy atom. The number of nitrogens with zero attached hydrogens (tertiary/aromatic N) is 2. The van der Waals surface area contributed by atoms with E-state index in [1.807, 2.05) is 27.8 Å². The number of likely N-dealkylation sites (N-methyl/N-ethyl adjacent to an activating group) is 1. The van der Waals surface area contributed by atoms with Gasteiger partial charge in [0, 0.05) is 52.0 Å². The fourth-order valence-corrected chi connectivity index (χ4v) is 8.20. The van der Waals surface area contributed by atoms with E-state index in [0.717, 1.165) is 13.0 Å². The van der Waals surface area contributed by atoms with E-state index >= 15 is 0 Å². The molecule has 0 aromatic rings. The first-order valence-electron chi connectivity index (χ1n) is 18.3. The van der Waals surface area contributed by atoms with Gasteiger partial charge >= 0.3 is 0 Å². The summed E-state index contributed by atoms with van der Waals surface area (Å²) in [6, 6.07) is -0.153. The molecule has 0 unspecified atom stereocenters. The van der Waals surface area contributed by atoms with Crippen LogP contribution in [-0.4, -0.2) is 145 Å². The minimum Gasteiger partial charge on any atom is -0.390 e. The Morgan fingerprint density at radius 1 is 1.08 bits per heavy atom. The Balaban J connectivity index is 2.00. The van der Waals surface area contributed by atoms with Crippen molar-refractivity contribution in [1.29, 1.82) is 0 Å². The summed E-state index contributed by atoms with van der Waals surface area (Å²) in [6.07, 6.45) is -2.73. The Bertz CT molecular complexity index is 1070. The molecule has 3 aliphatic rings. The van der Waals surface area contributed by atoms with Gasteiger partial charge in [-0.15, -0.1) is 0 Å². The van der Waals surface area contributed by atoms with Crippen LogP contribution in [0.15, 0.2) is 0 Å². The second-order valence-electron chi connectivity index (χ2n) is 15.7. The molecular weight excluding hydrogens is 634 g/mol. The van der Waals surface area contributed by atoms with Crippen LogP contribution >= 0.6 is 0 Å². The molecule has 14 atom stereocenters. The maximum atomic E-state index is 13.7. The third-order valence-corrected chi connectivity index (χ3v) is 11.2. The summed E-state index contributed by atoms with van der Waals surface area (Å²) in [6.45, 7) is 16.6. The van der Waals surface area contributed by atoms with Crippen LogP contribution in [0.2, 0.25) is 0 Å². The Labute approximate surface area is 294 Å². The zero-order chi connectivity index (χ0) is 36.8. The molecule has 49 heavy (non-hydrogen) atoms. The van der Waals surface area contributed by atoms with E-state index < -0.39 is 66.0 Å². The van der Waals surface area contributed by atoms with Gasteiger partial charge in [0.2, 0.25) is 11.8 Å². The molecule has 0 aliphatic carbocycles. The number of amides is 2. The van der Waals surface area contributed by atoms with Crippen molar-refractivity contribution in [2.24, 2.45) is 23.7 Å². The molecule has 3 fully saturated rings. The predicted molar refractivity (Wildman–Crippen MR) is 184 cm³/mol. The highest BCUT2D eigenvalue weighted by atomic mass is 16.7. The molecular formula is C36H67N3O10. The maximum Gasteiger partial charge on any atom is 0.225 e. The van der Waals surface area contributed by atoms with Crippen LogP contribution in [0.5, 0.6) is 0 Å². The van der Waals surface area contributed by atoms with Gasteiger partial charge in [0.25, 0.3) is 0 Å². The smallest absolute Gasteiger partial charge is 0.225 e. The Kier molecular flexibility index (Phi) is 15.3. The fraction of sp³-hybridized carbons (Fsp3) is 0.944. The number of rotatable bonds is 9. The minimum absolute atomic E-state index is 0.0128. The molecule has 0 bridgehead atoms. The number of aliphatic hydroxyl groups is 3. The average Bonchev–Trinajstić information content (AvgIpc) is 3.02. The minimum atomic E-state index is -1.34. The van der Waals surface area contributed by atoms with E-state index in [1.54, 1.807) is 39.6 Å². The molecule has 3 aliphatic heterocycles. The van der Waals surface area contributed by atoms with Gasteiger partial charge in [-0.05, 0) is 72.4 Å². The summed E-state index contributed by atoms with van der Waals surface area (Å²) in [5.41, 5.74) is -2.28. The Morgan fingerprint density at radius 3 is 2.39 bits per heavy atom. The highest BCUT2D eigenvalue weighted by Gasteiger charge is 2.49. The molecule has 0 radical (unpaired) electrons. The molecule has 3 rings (SSSR count). The van der Waals surface area contributed by atoms with Crippen molar-refractivity contribution >= 4 is 11.8 Å². The van der Waals surface area contributed by atoms with Crippen LogP contribution in [0.3, 0.4) is 0 Å². The van der Waals surface area contributed by atoms with Gasteiger partial charge in [0.15, 0.2) is 12.6 Å². The van der Waals surface area contributed by atoms with E-state index in [4.69, 9.17) is 23.7 Å². The standard InChI is InChI=1S/C36H67N3O10/c1-12-15-38(9)27-16-22(3)47-34(30(27)41)46-20-26-23(4)31(49-29-18-36(8,45-11)32(42)25(6)48-29)24(5)33(43)37-14-13-28(40)39(10)19-21(2)17-35(26,7)44/h21-27,29-32,34,41-42,44H,12-20H2,1-11H3,(H,37,43)/t21-,22-,23-,24-,25+,26-,27+,29+,30-,31+,32+,34-,35-,36-/m1/s1. The lowest BCUT2D eigenvalue weighted by Gasteiger charge is -2.48. The first-order chi connectivity index (χ1) is 22.8. The van der Waals surface area contributed by atoms with Gasteiger partial charge in [-0.25, -0.2) is 0 Å². The summed E-state index contributed by atoms with van der Waals surface area (Å²) < 4.78 is 31.1. The third-order valence-electron chi connectivity index (χ3n) is 11.2. The molecule has 0 aromatic heterocycles. The van der Waals surface area contributed by atoms with Gasteiger partial charge in [-0.1, -0.05) is 27.7 Å². The van der Waals surface area contributed by atoms with Gasteiger partial charge in [-0.3, -0.25) is 9.59 Å². The molecule has 3 heterocycles. The van der Waals surface area contributed by atoms with Crippen LogP contribution in [0.1, 0.15) is 87.5 Å². The summed E-state index contributed by atoms with van der Waals surface area (Å²) in [5, 5.41) is 37.5. The van der Waals surface area contributed by atoms with Crippen molar-refractivity contribution in [2.75, 3.05) is 47.4 Å². The van der Waals surface area contributed by atoms with Crippen molar-refractivity contribution in [2.45, 2.75) is 148 Å². The van der Waals surface area contributed by atoms with Crippen molar-refractivity contribution in [1.82, 2.24) is 15.1 Å². The number of methoxy groups -OCH3 is 1. The lowest BCUT2D eigenvalue weighted by Crippen LogP contribution is -2.58. The van der Waals surface area contributed by atoms with E-state index in [1.165, 1.54) is 7.11 Å². The van der Waals surface area contributed by atoms with E-state index in [-0.39, 0.29) is 55.9 Å². The largest absolute Gasteiger partial charge is 0.390 e. The van der Waals surface area contributed by atoms with Gasteiger partial charge in [0.05, 0.1) is 42.0 Å². The van der Waals surface area contributed by atoms with Gasteiger partial charge in [0.1, 0.15) is 12.2 Å². The lowest BCUT2D eigenvalue weighted by atomic mass is 9.72. The zero-order valence-electron chi connectivity index (χ0n) is 31.9. The van der Waals surface area contributed by atoms with Gasteiger partial charge < -0.3 is 54.1 Å². The summed E-state index contributed by atoms with van der Waals surface area (Å²) in [4.78, 5) is 30.3. The molecule has 4 N–H and O–H groups in total. The topological polar surface area (TPSA) is 159 Å². The molecule has 0 saturated carbocycles. The van der Waals surface area contributed by atoms with Crippen molar-refractivity contribution < 1.29 is 48.6 Å². The number of carbonyl (C=O) groups excluding carboxylic acids is 2. The fourth-order valence-electron chi connectivity index (χ4n) is 8.20. The lowest BCUT2D eigenvalue weighted by molar-refractivity contribution is -0.300. The van der Waals surface area contributed by atoms with Crippen molar-refractivity contribution in [3.8, 4) is 0 Å². The summed E-state index contributed by atoms with van der Waals surface area (Å²) in [7, 11) is 5.27. The second kappa shape index (κ2) is 17.9. The summed E-state index contributed by atoms with van der Waals surface area (Å²) in [5.74, 6) is -2.24. The first kappa shape index (κ1) is 42.0. The second-order valence-corrected chi connectivity index (χ2v) is 15.7. The molecule has 13 heteroatoms.